The Morgan fingerprint density at radius 1 is 1.35 bits per heavy atom. The lowest BCUT2D eigenvalue weighted by atomic mass is 10.0. The number of allylic oxidation sites excluding steroid dienone is 1. The first-order valence-corrected chi connectivity index (χ1v) is 11.0. The second-order valence-corrected chi connectivity index (χ2v) is 8.62. The molecule has 2 aromatic rings. The van der Waals surface area contributed by atoms with Gasteiger partial charge in [-0.15, -0.1) is 0 Å². The number of aromatic nitrogens is 1. The van der Waals surface area contributed by atoms with Crippen LogP contribution in [0.5, 0.6) is 0 Å². The summed E-state index contributed by atoms with van der Waals surface area (Å²) in [5, 5.41) is 12.5. The standard InChI is InChI=1S/C26H29N5O3/c1-26(2,34)11-8-18-4-5-21-6-7-22(24(32)31(3)23(21)15-18)30-25(33)29-17-20(16-27)14-19-9-12-28-13-10-19/h4-5,9-10,12-13,15-17,22,34H,6-7,14,27H2,1-3H3,(H,30,33). The second-order valence-electron chi connectivity index (χ2n) is 8.62. The Hall–Kier alpha value is -3.96. The number of fused-ring (bicyclic) bond motifs is 1. The normalized spacial score (nSPS) is 16.5. The molecule has 4 N–H and O–H groups in total. The van der Waals surface area contributed by atoms with Crippen molar-refractivity contribution in [1.82, 2.24) is 10.3 Å². The van der Waals surface area contributed by atoms with Crippen molar-refractivity contribution >= 4 is 23.8 Å². The van der Waals surface area contributed by atoms with Gasteiger partial charge in [-0.3, -0.25) is 9.78 Å². The molecule has 0 aliphatic carbocycles. The summed E-state index contributed by atoms with van der Waals surface area (Å²) in [6.07, 6.45) is 7.73. The van der Waals surface area contributed by atoms with Gasteiger partial charge < -0.3 is 21.1 Å². The van der Waals surface area contributed by atoms with Crippen molar-refractivity contribution in [3.8, 4) is 11.8 Å². The molecule has 1 aliphatic heterocycles. The van der Waals surface area contributed by atoms with Crippen molar-refractivity contribution < 1.29 is 14.7 Å². The highest BCUT2D eigenvalue weighted by atomic mass is 16.3. The molecule has 1 aliphatic rings. The highest BCUT2D eigenvalue weighted by Gasteiger charge is 2.29. The molecule has 2 heterocycles. The van der Waals surface area contributed by atoms with Crippen LogP contribution in [-0.2, 0) is 17.6 Å². The zero-order chi connectivity index (χ0) is 24.7. The van der Waals surface area contributed by atoms with Crippen molar-refractivity contribution in [2.75, 3.05) is 11.9 Å². The molecule has 0 saturated carbocycles. The number of carbonyl (C=O) groups excluding carboxylic acids is 2. The average molecular weight is 460 g/mol. The summed E-state index contributed by atoms with van der Waals surface area (Å²) in [5.74, 6) is 5.48. The van der Waals surface area contributed by atoms with Crippen molar-refractivity contribution in [3.63, 3.8) is 0 Å². The van der Waals surface area contributed by atoms with Gasteiger partial charge in [-0.25, -0.2) is 9.79 Å². The number of carbonyl (C=O) groups is 2. The quantitative estimate of drug-likeness (QED) is 0.479. The molecule has 3 amide bonds. The van der Waals surface area contributed by atoms with Gasteiger partial charge in [0.05, 0.1) is 0 Å². The monoisotopic (exact) mass is 459 g/mol. The minimum atomic E-state index is -1.11. The van der Waals surface area contributed by atoms with E-state index in [2.05, 4.69) is 27.1 Å². The van der Waals surface area contributed by atoms with Gasteiger partial charge >= 0.3 is 6.03 Å². The molecule has 1 unspecified atom stereocenters. The lowest BCUT2D eigenvalue weighted by molar-refractivity contribution is -0.120. The van der Waals surface area contributed by atoms with Crippen LogP contribution in [0.3, 0.4) is 0 Å². The predicted molar refractivity (Wildman–Crippen MR) is 132 cm³/mol. The number of rotatable bonds is 4. The molecule has 3 rings (SSSR count). The van der Waals surface area contributed by atoms with Gasteiger partial charge in [0.15, 0.2) is 0 Å². The van der Waals surface area contributed by atoms with E-state index in [0.29, 0.717) is 30.4 Å². The number of nitrogens with one attached hydrogen (secondary N) is 1. The second kappa shape index (κ2) is 10.8. The number of pyridine rings is 1. The third-order valence-electron chi connectivity index (χ3n) is 5.31. The summed E-state index contributed by atoms with van der Waals surface area (Å²) in [6.45, 7) is 3.22. The van der Waals surface area contributed by atoms with E-state index in [-0.39, 0.29) is 5.91 Å². The Morgan fingerprint density at radius 2 is 2.09 bits per heavy atom. The topological polar surface area (TPSA) is 121 Å². The van der Waals surface area contributed by atoms with Crippen molar-refractivity contribution in [3.05, 3.63) is 71.2 Å². The number of hydrogen-bond acceptors (Lipinski definition) is 5. The SMILES string of the molecule is CN1C(=O)C(NC(=O)N=CC(=CN)Cc2ccncc2)CCc2ccc(C#CC(C)(C)O)cc21. The molecule has 0 saturated heterocycles. The van der Waals surface area contributed by atoms with Crippen molar-refractivity contribution in [1.29, 1.82) is 0 Å². The fourth-order valence-electron chi connectivity index (χ4n) is 3.51. The van der Waals surface area contributed by atoms with Gasteiger partial charge in [-0.2, -0.15) is 0 Å². The molecule has 8 heteroatoms. The minimum Gasteiger partial charge on any atom is -0.404 e. The molecule has 1 aromatic carbocycles. The Bertz CT molecular complexity index is 1170. The molecule has 34 heavy (non-hydrogen) atoms. The number of aryl methyl sites for hydroxylation is 1. The van der Waals surface area contributed by atoms with Crippen LogP contribution in [0.15, 0.2) is 59.5 Å². The Kier molecular flexibility index (Phi) is 7.82. The van der Waals surface area contributed by atoms with Gasteiger partial charge in [0, 0.05) is 43.3 Å². The lowest BCUT2D eigenvalue weighted by Crippen LogP contribution is -2.46. The molecule has 0 spiro atoms. The van der Waals surface area contributed by atoms with Crippen LogP contribution in [-0.4, -0.2) is 46.9 Å². The first kappa shape index (κ1) is 24.7. The summed E-state index contributed by atoms with van der Waals surface area (Å²) >= 11 is 0. The number of amides is 3. The molecule has 8 nitrogen and oxygen atoms in total. The van der Waals surface area contributed by atoms with Crippen LogP contribution in [0.1, 0.15) is 37.0 Å². The van der Waals surface area contributed by atoms with Crippen LogP contribution >= 0.6 is 0 Å². The summed E-state index contributed by atoms with van der Waals surface area (Å²) in [5.41, 5.74) is 8.63. The number of aliphatic imine (C=N–C) groups is 1. The minimum absolute atomic E-state index is 0.235. The van der Waals surface area contributed by atoms with E-state index in [1.807, 2.05) is 30.3 Å². The molecular formula is C26H29N5O3. The lowest BCUT2D eigenvalue weighted by Gasteiger charge is -2.21. The van der Waals surface area contributed by atoms with E-state index in [1.54, 1.807) is 33.3 Å². The smallest absolute Gasteiger partial charge is 0.341 e. The van der Waals surface area contributed by atoms with Crippen LogP contribution in [0, 0.1) is 11.8 Å². The molecule has 1 atom stereocenters. The van der Waals surface area contributed by atoms with E-state index in [1.165, 1.54) is 17.3 Å². The molecule has 0 bridgehead atoms. The van der Waals surface area contributed by atoms with Crippen molar-refractivity contribution in [2.45, 2.75) is 44.8 Å². The molecule has 1 aromatic heterocycles. The first-order chi connectivity index (χ1) is 16.2. The first-order valence-electron chi connectivity index (χ1n) is 11.0. The third-order valence-corrected chi connectivity index (χ3v) is 5.31. The Morgan fingerprint density at radius 3 is 2.76 bits per heavy atom. The van der Waals surface area contributed by atoms with Crippen LogP contribution in [0.2, 0.25) is 0 Å². The van der Waals surface area contributed by atoms with Gasteiger partial charge in [-0.1, -0.05) is 17.9 Å². The molecule has 0 fully saturated rings. The molecule has 176 valence electrons. The van der Waals surface area contributed by atoms with Gasteiger partial charge in [0.1, 0.15) is 11.6 Å². The number of nitrogens with two attached hydrogens (primary N) is 1. The summed E-state index contributed by atoms with van der Waals surface area (Å²) in [7, 11) is 1.67. The largest absolute Gasteiger partial charge is 0.404 e. The number of hydrogen-bond donors (Lipinski definition) is 3. The maximum atomic E-state index is 13.1. The third kappa shape index (κ3) is 6.77. The number of nitrogens with zero attached hydrogens (tertiary/aromatic N) is 3. The van der Waals surface area contributed by atoms with E-state index in [9.17, 15) is 14.7 Å². The average Bonchev–Trinajstić information content (AvgIpc) is 2.92. The number of likely N-dealkylation sites (N-methyl/N-ethyl adjacent to an activating group) is 1. The van der Waals surface area contributed by atoms with Crippen LogP contribution < -0.4 is 16.0 Å². The summed E-state index contributed by atoms with van der Waals surface area (Å²) in [6, 6.07) is 8.01. The number of aliphatic hydroxyl groups is 1. The van der Waals surface area contributed by atoms with Gasteiger partial charge in [0.2, 0.25) is 5.91 Å². The Balaban J connectivity index is 1.68. The van der Waals surface area contributed by atoms with E-state index >= 15 is 0 Å². The van der Waals surface area contributed by atoms with E-state index in [0.717, 1.165) is 16.8 Å². The fourth-order valence-corrected chi connectivity index (χ4v) is 3.51. The number of urea groups is 1. The maximum absolute atomic E-state index is 13.1. The van der Waals surface area contributed by atoms with E-state index < -0.39 is 17.7 Å². The fraction of sp³-hybridized carbons (Fsp3) is 0.308. The van der Waals surface area contributed by atoms with Crippen molar-refractivity contribution in [2.24, 2.45) is 10.7 Å². The van der Waals surface area contributed by atoms with Gasteiger partial charge in [-0.05, 0) is 73.9 Å². The van der Waals surface area contributed by atoms with Crippen LogP contribution in [0.4, 0.5) is 10.5 Å². The summed E-state index contributed by atoms with van der Waals surface area (Å²) < 4.78 is 0. The zero-order valence-electron chi connectivity index (χ0n) is 19.6. The summed E-state index contributed by atoms with van der Waals surface area (Å²) in [4.78, 5) is 34.9. The maximum Gasteiger partial charge on any atom is 0.341 e. The van der Waals surface area contributed by atoms with Gasteiger partial charge in [0.25, 0.3) is 0 Å². The Labute approximate surface area is 199 Å². The molecule has 0 radical (unpaired) electrons. The molecular weight excluding hydrogens is 430 g/mol. The van der Waals surface area contributed by atoms with E-state index in [4.69, 9.17) is 5.73 Å². The number of anilines is 1. The predicted octanol–water partition coefficient (Wildman–Crippen LogP) is 2.35. The van der Waals surface area contributed by atoms with Crippen LogP contribution in [0.25, 0.3) is 0 Å². The highest BCUT2D eigenvalue weighted by molar-refractivity contribution is 6.01. The highest BCUT2D eigenvalue weighted by Crippen LogP contribution is 2.27. The zero-order valence-corrected chi connectivity index (χ0v) is 19.6. The number of benzene rings is 1.